The maximum absolute atomic E-state index is 10.1. The molecule has 0 radical (unpaired) electrons. The second-order valence-corrected chi connectivity index (χ2v) is 1.41. The van der Waals surface area contributed by atoms with E-state index in [1.807, 2.05) is 0 Å². The molecular formula is C4H4Cl2O. The Balaban J connectivity index is 3.37. The fourth-order valence-electron chi connectivity index (χ4n) is 0.115. The zero-order valence-corrected chi connectivity index (χ0v) is 5.04. The summed E-state index contributed by atoms with van der Waals surface area (Å²) in [6.07, 6.45) is 1.22. The molecule has 0 unspecified atom stereocenters. The first-order valence-corrected chi connectivity index (χ1v) is 2.64. The van der Waals surface area contributed by atoms with Gasteiger partial charge in [0.1, 0.15) is 0 Å². The number of ketones is 1. The van der Waals surface area contributed by atoms with Crippen LogP contribution in [-0.2, 0) is 4.79 Å². The molecule has 0 heterocycles. The van der Waals surface area contributed by atoms with Crippen LogP contribution in [0.25, 0.3) is 0 Å². The van der Waals surface area contributed by atoms with E-state index in [4.69, 9.17) is 23.2 Å². The third-order valence-electron chi connectivity index (χ3n) is 0.381. The second-order valence-electron chi connectivity index (χ2n) is 0.893. The highest BCUT2D eigenvalue weighted by molar-refractivity contribution is 6.32. The molecule has 0 bridgehead atoms. The summed E-state index contributed by atoms with van der Waals surface area (Å²) in [5.41, 5.74) is 1.14. The molecule has 0 aromatic rings. The number of hydrogen-bond acceptors (Lipinski definition) is 1. The normalized spacial score (nSPS) is 10.0. The summed E-state index contributed by atoms with van der Waals surface area (Å²) in [4.78, 5) is 10.1. The average Bonchev–Trinajstić information content (AvgIpc) is 1.68. The van der Waals surface area contributed by atoms with E-state index in [9.17, 15) is 4.79 Å². The number of hydrogen-bond donors (Lipinski definition) is 0. The molecule has 0 aliphatic carbocycles. The van der Waals surface area contributed by atoms with Crippen molar-refractivity contribution in [2.75, 3.05) is 5.88 Å². The molecule has 40 valence electrons. The van der Waals surface area contributed by atoms with Gasteiger partial charge in [-0.05, 0) is 6.08 Å². The number of allylic oxidation sites excluding steroid dienone is 1. The van der Waals surface area contributed by atoms with Crippen molar-refractivity contribution in [2.45, 2.75) is 0 Å². The highest BCUT2D eigenvalue weighted by atomic mass is 35.5. The first kappa shape index (κ1) is 6.99. The highest BCUT2D eigenvalue weighted by Gasteiger charge is 1.86. The molecule has 0 aliphatic rings. The summed E-state index contributed by atoms with van der Waals surface area (Å²) in [6.45, 7) is 0. The number of carbonyl (C=O) groups is 1. The van der Waals surface area contributed by atoms with Crippen LogP contribution in [0, 0.1) is 0 Å². The van der Waals surface area contributed by atoms with Gasteiger partial charge in [0, 0.05) is 5.54 Å². The minimum atomic E-state index is -0.170. The summed E-state index contributed by atoms with van der Waals surface area (Å²) in [7, 11) is 0. The highest BCUT2D eigenvalue weighted by Crippen LogP contribution is 1.83. The van der Waals surface area contributed by atoms with E-state index in [0.717, 1.165) is 5.54 Å². The van der Waals surface area contributed by atoms with Crippen LogP contribution in [0.1, 0.15) is 0 Å². The van der Waals surface area contributed by atoms with Gasteiger partial charge in [-0.15, -0.1) is 11.6 Å². The van der Waals surface area contributed by atoms with Crippen molar-refractivity contribution < 1.29 is 4.79 Å². The SMILES string of the molecule is O=C(/C=C\Cl)CCl. The van der Waals surface area contributed by atoms with Gasteiger partial charge >= 0.3 is 0 Å². The molecule has 0 saturated carbocycles. The molecule has 0 saturated heterocycles. The minimum Gasteiger partial charge on any atom is -0.293 e. The standard InChI is InChI=1S/C4H4Cl2O/c5-2-1-4(7)3-6/h1-2H,3H2/b2-1-. The van der Waals surface area contributed by atoms with Gasteiger partial charge in [-0.3, -0.25) is 4.79 Å². The van der Waals surface area contributed by atoms with Gasteiger partial charge in [0.25, 0.3) is 0 Å². The van der Waals surface area contributed by atoms with Crippen molar-refractivity contribution in [2.24, 2.45) is 0 Å². The summed E-state index contributed by atoms with van der Waals surface area (Å²) in [6, 6.07) is 0. The molecule has 0 aromatic heterocycles. The van der Waals surface area contributed by atoms with Gasteiger partial charge in [0.05, 0.1) is 5.88 Å². The second kappa shape index (κ2) is 4.16. The third kappa shape index (κ3) is 3.83. The molecule has 0 N–H and O–H groups in total. The minimum absolute atomic E-state index is 0.00319. The fraction of sp³-hybridized carbons (Fsp3) is 0.250. The molecule has 0 aromatic carbocycles. The van der Waals surface area contributed by atoms with Crippen molar-refractivity contribution in [3.63, 3.8) is 0 Å². The van der Waals surface area contributed by atoms with Crippen molar-refractivity contribution in [1.82, 2.24) is 0 Å². The molecule has 0 spiro atoms. The maximum atomic E-state index is 10.1. The molecule has 0 aliphatic heterocycles. The van der Waals surface area contributed by atoms with Crippen LogP contribution in [0.3, 0.4) is 0 Å². The Bertz CT molecular complexity index is 87.7. The number of carbonyl (C=O) groups excluding carboxylic acids is 1. The largest absolute Gasteiger partial charge is 0.293 e. The lowest BCUT2D eigenvalue weighted by molar-refractivity contribution is -0.112. The van der Waals surface area contributed by atoms with Gasteiger partial charge < -0.3 is 0 Å². The smallest absolute Gasteiger partial charge is 0.171 e. The van der Waals surface area contributed by atoms with Gasteiger partial charge in [-0.25, -0.2) is 0 Å². The summed E-state index contributed by atoms with van der Waals surface area (Å²) >= 11 is 10.1. The van der Waals surface area contributed by atoms with Gasteiger partial charge in [0.15, 0.2) is 5.78 Å². The first-order valence-electron chi connectivity index (χ1n) is 1.67. The van der Waals surface area contributed by atoms with E-state index in [2.05, 4.69) is 0 Å². The Hall–Kier alpha value is -0.0100. The van der Waals surface area contributed by atoms with E-state index in [1.54, 1.807) is 0 Å². The van der Waals surface area contributed by atoms with E-state index in [0.29, 0.717) is 0 Å². The van der Waals surface area contributed by atoms with Crippen LogP contribution in [-0.4, -0.2) is 11.7 Å². The molecule has 1 nitrogen and oxygen atoms in total. The Kier molecular flexibility index (Phi) is 4.15. The lowest BCUT2D eigenvalue weighted by Crippen LogP contribution is -1.90. The van der Waals surface area contributed by atoms with Gasteiger partial charge in [-0.1, -0.05) is 11.6 Å². The Morgan fingerprint density at radius 3 is 2.43 bits per heavy atom. The van der Waals surface area contributed by atoms with Crippen LogP contribution in [0.5, 0.6) is 0 Å². The fourth-order valence-corrected chi connectivity index (χ4v) is 0.344. The molecule has 7 heavy (non-hydrogen) atoms. The van der Waals surface area contributed by atoms with Gasteiger partial charge in [0.2, 0.25) is 0 Å². The average molecular weight is 139 g/mol. The van der Waals surface area contributed by atoms with Gasteiger partial charge in [-0.2, -0.15) is 0 Å². The molecular weight excluding hydrogens is 135 g/mol. The van der Waals surface area contributed by atoms with Crippen LogP contribution in [0.2, 0.25) is 0 Å². The zero-order valence-electron chi connectivity index (χ0n) is 3.53. The van der Waals surface area contributed by atoms with E-state index in [-0.39, 0.29) is 11.7 Å². The number of rotatable bonds is 2. The van der Waals surface area contributed by atoms with E-state index < -0.39 is 0 Å². The molecule has 0 rings (SSSR count). The van der Waals surface area contributed by atoms with E-state index in [1.165, 1.54) is 6.08 Å². The monoisotopic (exact) mass is 138 g/mol. The van der Waals surface area contributed by atoms with Crippen LogP contribution in [0.4, 0.5) is 0 Å². The van der Waals surface area contributed by atoms with E-state index >= 15 is 0 Å². The molecule has 0 fully saturated rings. The van der Waals surface area contributed by atoms with Crippen molar-refractivity contribution in [3.05, 3.63) is 11.6 Å². The van der Waals surface area contributed by atoms with Crippen LogP contribution in [0.15, 0.2) is 11.6 Å². The van der Waals surface area contributed by atoms with Crippen molar-refractivity contribution in [3.8, 4) is 0 Å². The number of alkyl halides is 1. The lowest BCUT2D eigenvalue weighted by Gasteiger charge is -1.75. The summed E-state index contributed by atoms with van der Waals surface area (Å²) in [5.74, 6) is -0.167. The molecule has 0 atom stereocenters. The van der Waals surface area contributed by atoms with Crippen LogP contribution >= 0.6 is 23.2 Å². The molecule has 3 heteroatoms. The van der Waals surface area contributed by atoms with Crippen molar-refractivity contribution in [1.29, 1.82) is 0 Å². The first-order chi connectivity index (χ1) is 3.31. The summed E-state index contributed by atoms with van der Waals surface area (Å²) in [5, 5.41) is 0. The Morgan fingerprint density at radius 2 is 2.29 bits per heavy atom. The van der Waals surface area contributed by atoms with Crippen molar-refractivity contribution >= 4 is 29.0 Å². The maximum Gasteiger partial charge on any atom is 0.171 e. The zero-order chi connectivity index (χ0) is 5.70. The Labute approximate surface area is 51.9 Å². The predicted octanol–water partition coefficient (Wildman–Crippen LogP) is 1.55. The Morgan fingerprint density at radius 1 is 1.71 bits per heavy atom. The predicted molar refractivity (Wildman–Crippen MR) is 30.7 cm³/mol. The number of halogens is 2. The van der Waals surface area contributed by atoms with Crippen LogP contribution < -0.4 is 0 Å². The quantitative estimate of drug-likeness (QED) is 0.419. The summed E-state index contributed by atoms with van der Waals surface area (Å²) < 4.78 is 0. The third-order valence-corrected chi connectivity index (χ3v) is 0.770. The topological polar surface area (TPSA) is 17.1 Å². The lowest BCUT2D eigenvalue weighted by atomic mass is 10.5. The molecule has 0 amide bonds.